The summed E-state index contributed by atoms with van der Waals surface area (Å²) in [5.41, 5.74) is -0.274. The summed E-state index contributed by atoms with van der Waals surface area (Å²) in [6.45, 7) is 11.3. The summed E-state index contributed by atoms with van der Waals surface area (Å²) in [6.07, 6.45) is -2.18. The minimum absolute atomic E-state index is 0.0349. The molecule has 14 heteroatoms. The first kappa shape index (κ1) is 40.0. The number of anilines is 1. The standard InChI is InChI=1S/C37H52N4O9S/c1-7-41(35(44)50-36(2,3)4)27-15-11-16-28(22-27)51(45,46)40(25-37(5,6)18-12-19-38)23-31(42)30(21-26-13-9-8-10-14-26)39-34(43)49-32-24-48-33-29(32)17-20-47-33/h8-11,13-16,22,29-33,42H,7,12,17-18,20-21,23-25H2,1-6H3,(H,39,43)/t29-,30?,31?,32-,33+/m0/s1. The van der Waals surface area contributed by atoms with E-state index in [0.717, 1.165) is 5.56 Å². The van der Waals surface area contributed by atoms with Gasteiger partial charge < -0.3 is 29.4 Å². The lowest BCUT2D eigenvalue weighted by molar-refractivity contribution is -0.0907. The fourth-order valence-electron chi connectivity index (χ4n) is 6.25. The van der Waals surface area contributed by atoms with Crippen LogP contribution in [0.2, 0.25) is 0 Å². The normalized spacial score (nSPS) is 20.3. The van der Waals surface area contributed by atoms with E-state index in [1.54, 1.807) is 39.8 Å². The molecular weight excluding hydrogens is 676 g/mol. The lowest BCUT2D eigenvalue weighted by Gasteiger charge is -2.35. The summed E-state index contributed by atoms with van der Waals surface area (Å²) in [5.74, 6) is -0.0840. The second-order valence-corrected chi connectivity index (χ2v) is 16.8. The van der Waals surface area contributed by atoms with E-state index in [1.165, 1.54) is 21.3 Å². The molecule has 2 saturated heterocycles. The van der Waals surface area contributed by atoms with Gasteiger partial charge >= 0.3 is 12.2 Å². The molecule has 0 saturated carbocycles. The average Bonchev–Trinajstić information content (AvgIpc) is 3.68. The van der Waals surface area contributed by atoms with E-state index in [2.05, 4.69) is 11.4 Å². The molecule has 4 rings (SSSR count). The van der Waals surface area contributed by atoms with Crippen molar-refractivity contribution < 1.29 is 42.1 Å². The van der Waals surface area contributed by atoms with Gasteiger partial charge in [-0.05, 0) is 76.1 Å². The number of nitriles is 1. The highest BCUT2D eigenvalue weighted by Crippen LogP contribution is 2.33. The third kappa shape index (κ3) is 11.1. The second kappa shape index (κ2) is 17.2. The molecule has 2 unspecified atom stereocenters. The number of ether oxygens (including phenoxy) is 4. The van der Waals surface area contributed by atoms with E-state index < -0.39 is 57.8 Å². The maximum atomic E-state index is 14.5. The number of nitrogens with one attached hydrogen (secondary N) is 1. The smallest absolute Gasteiger partial charge is 0.414 e. The van der Waals surface area contributed by atoms with Crippen molar-refractivity contribution in [3.63, 3.8) is 0 Å². The molecule has 0 bridgehead atoms. The quantitative estimate of drug-likeness (QED) is 0.248. The molecule has 280 valence electrons. The molecule has 2 amide bonds. The molecule has 5 atom stereocenters. The first-order valence-corrected chi connectivity index (χ1v) is 18.9. The Balaban J connectivity index is 1.63. The lowest BCUT2D eigenvalue weighted by atomic mass is 9.88. The van der Waals surface area contributed by atoms with Crippen LogP contribution in [0.15, 0.2) is 59.5 Å². The lowest BCUT2D eigenvalue weighted by Crippen LogP contribution is -2.52. The van der Waals surface area contributed by atoms with E-state index in [9.17, 15) is 28.4 Å². The summed E-state index contributed by atoms with van der Waals surface area (Å²) in [6, 6.07) is 16.4. The van der Waals surface area contributed by atoms with Gasteiger partial charge in [0.1, 0.15) is 11.7 Å². The van der Waals surface area contributed by atoms with Crippen molar-refractivity contribution in [1.82, 2.24) is 9.62 Å². The van der Waals surface area contributed by atoms with Crippen LogP contribution in [-0.2, 0) is 35.4 Å². The number of hydrogen-bond donors (Lipinski definition) is 2. The number of sulfonamides is 1. The average molecular weight is 729 g/mol. The Bertz CT molecular complexity index is 1620. The number of hydrogen-bond acceptors (Lipinski definition) is 10. The van der Waals surface area contributed by atoms with Crippen LogP contribution in [0.4, 0.5) is 15.3 Å². The van der Waals surface area contributed by atoms with Crippen molar-refractivity contribution in [2.24, 2.45) is 11.3 Å². The van der Waals surface area contributed by atoms with Crippen LogP contribution >= 0.6 is 0 Å². The van der Waals surface area contributed by atoms with Crippen molar-refractivity contribution in [1.29, 1.82) is 5.26 Å². The number of carbonyl (C=O) groups excluding carboxylic acids is 2. The largest absolute Gasteiger partial charge is 0.443 e. The Labute approximate surface area is 301 Å². The fourth-order valence-corrected chi connectivity index (χ4v) is 7.94. The molecule has 0 aliphatic carbocycles. The van der Waals surface area contributed by atoms with Crippen LogP contribution in [0, 0.1) is 22.7 Å². The Morgan fingerprint density at radius 2 is 1.82 bits per heavy atom. The Hall–Kier alpha value is -3.74. The minimum atomic E-state index is -4.31. The first-order chi connectivity index (χ1) is 24.0. The molecule has 2 aliphatic heterocycles. The van der Waals surface area contributed by atoms with Crippen LogP contribution in [0.3, 0.4) is 0 Å². The zero-order valence-electron chi connectivity index (χ0n) is 30.4. The van der Waals surface area contributed by atoms with E-state index in [-0.39, 0.29) is 49.9 Å². The molecule has 0 radical (unpaired) electrons. The molecule has 13 nitrogen and oxygen atoms in total. The molecule has 51 heavy (non-hydrogen) atoms. The van der Waals surface area contributed by atoms with Crippen molar-refractivity contribution in [2.75, 3.05) is 37.7 Å². The van der Waals surface area contributed by atoms with Gasteiger partial charge in [0, 0.05) is 31.7 Å². The highest BCUT2D eigenvalue weighted by atomic mass is 32.2. The van der Waals surface area contributed by atoms with E-state index in [0.29, 0.717) is 25.1 Å². The number of alkyl carbamates (subject to hydrolysis) is 1. The summed E-state index contributed by atoms with van der Waals surface area (Å²) in [5, 5.41) is 23.9. The van der Waals surface area contributed by atoms with Gasteiger partial charge in [0.25, 0.3) is 0 Å². The molecule has 2 aliphatic rings. The Morgan fingerprint density at radius 1 is 1.10 bits per heavy atom. The topological polar surface area (TPSA) is 168 Å². The maximum absolute atomic E-state index is 14.5. The van der Waals surface area contributed by atoms with Crippen LogP contribution in [0.1, 0.15) is 66.4 Å². The van der Waals surface area contributed by atoms with Crippen LogP contribution in [-0.4, -0.2) is 93.0 Å². The third-order valence-corrected chi connectivity index (χ3v) is 10.7. The molecule has 0 spiro atoms. The van der Waals surface area contributed by atoms with Gasteiger partial charge in [0.2, 0.25) is 10.0 Å². The van der Waals surface area contributed by atoms with E-state index in [4.69, 9.17) is 18.9 Å². The van der Waals surface area contributed by atoms with Crippen molar-refractivity contribution in [3.05, 3.63) is 60.2 Å². The Morgan fingerprint density at radius 3 is 2.49 bits per heavy atom. The van der Waals surface area contributed by atoms with Gasteiger partial charge in [0.15, 0.2) is 6.29 Å². The summed E-state index contributed by atoms with van der Waals surface area (Å²) in [7, 11) is -4.31. The number of aliphatic hydroxyl groups is 1. The van der Waals surface area contributed by atoms with Crippen molar-refractivity contribution >= 4 is 27.9 Å². The number of rotatable bonds is 15. The van der Waals surface area contributed by atoms with Gasteiger partial charge in [-0.3, -0.25) is 4.90 Å². The highest BCUT2D eigenvalue weighted by Gasteiger charge is 2.44. The zero-order chi connectivity index (χ0) is 37.4. The molecular formula is C37H52N4O9S. The molecule has 2 fully saturated rings. The summed E-state index contributed by atoms with van der Waals surface area (Å²) in [4.78, 5) is 27.5. The molecule has 2 aromatic rings. The Kier molecular flexibility index (Phi) is 13.5. The number of benzene rings is 2. The SMILES string of the molecule is CCN(C(=O)OC(C)(C)C)c1cccc(S(=O)(=O)N(CC(O)C(Cc2ccccc2)NC(=O)O[C@H]2CO[C@H]3OCC[C@H]32)CC(C)(C)CCC#N)c1. The van der Waals surface area contributed by atoms with Crippen LogP contribution in [0.5, 0.6) is 0 Å². The molecule has 0 aromatic heterocycles. The minimum Gasteiger partial charge on any atom is -0.443 e. The monoisotopic (exact) mass is 728 g/mol. The van der Waals surface area contributed by atoms with Crippen LogP contribution in [0.25, 0.3) is 0 Å². The zero-order valence-corrected chi connectivity index (χ0v) is 31.2. The number of carbonyl (C=O) groups is 2. The molecule has 2 aromatic carbocycles. The fraction of sp³-hybridized carbons (Fsp3) is 0.595. The van der Waals surface area contributed by atoms with E-state index in [1.807, 2.05) is 44.2 Å². The van der Waals surface area contributed by atoms with Crippen molar-refractivity contribution in [2.45, 2.75) is 102 Å². The van der Waals surface area contributed by atoms with Gasteiger partial charge in [-0.15, -0.1) is 0 Å². The van der Waals surface area contributed by atoms with Gasteiger partial charge in [-0.1, -0.05) is 50.2 Å². The summed E-state index contributed by atoms with van der Waals surface area (Å²) >= 11 is 0. The number of fused-ring (bicyclic) bond motifs is 1. The highest BCUT2D eigenvalue weighted by molar-refractivity contribution is 7.89. The predicted octanol–water partition coefficient (Wildman–Crippen LogP) is 5.23. The number of aliphatic hydroxyl groups excluding tert-OH is 1. The summed E-state index contributed by atoms with van der Waals surface area (Å²) < 4.78 is 52.6. The van der Waals surface area contributed by atoms with Crippen LogP contribution < -0.4 is 10.2 Å². The predicted molar refractivity (Wildman–Crippen MR) is 190 cm³/mol. The van der Waals surface area contributed by atoms with Crippen molar-refractivity contribution in [3.8, 4) is 6.07 Å². The number of nitrogens with zero attached hydrogens (tertiary/aromatic N) is 3. The second-order valence-electron chi connectivity index (χ2n) is 14.8. The van der Waals surface area contributed by atoms with Gasteiger partial charge in [-0.2, -0.15) is 9.57 Å². The maximum Gasteiger partial charge on any atom is 0.414 e. The van der Waals surface area contributed by atoms with Gasteiger partial charge in [-0.25, -0.2) is 18.0 Å². The van der Waals surface area contributed by atoms with E-state index >= 15 is 0 Å². The third-order valence-electron chi connectivity index (χ3n) is 8.92. The first-order valence-electron chi connectivity index (χ1n) is 17.4. The molecule has 2 N–H and O–H groups in total. The van der Waals surface area contributed by atoms with Gasteiger partial charge in [0.05, 0.1) is 42.2 Å². The number of amides is 2. The molecule has 2 heterocycles.